The Morgan fingerprint density at radius 2 is 0.641 bits per heavy atom. The minimum atomic E-state index is -0.825. The summed E-state index contributed by atoms with van der Waals surface area (Å²) in [7, 11) is 0. The summed E-state index contributed by atoms with van der Waals surface area (Å²) in [5.74, 6) is -1.03. The highest BCUT2D eigenvalue weighted by molar-refractivity contribution is 5.71. The normalized spacial score (nSPS) is 13.1. The van der Waals surface area contributed by atoms with E-state index in [0.29, 0.717) is 12.8 Å². The molecule has 6 heteroatoms. The van der Waals surface area contributed by atoms with Gasteiger partial charge in [0.25, 0.3) is 0 Å². The first-order valence-corrected chi connectivity index (χ1v) is 25.7. The molecule has 0 fully saturated rings. The van der Waals surface area contributed by atoms with E-state index in [4.69, 9.17) is 14.2 Å². The molecule has 0 aromatic rings. The van der Waals surface area contributed by atoms with Crippen LogP contribution in [0.2, 0.25) is 0 Å². The molecule has 0 amide bonds. The molecule has 0 saturated heterocycles. The largest absolute Gasteiger partial charge is 0.462 e. The third kappa shape index (κ3) is 48.8. The summed E-state index contributed by atoms with van der Waals surface area (Å²) in [6.07, 6.45) is 70.5. The van der Waals surface area contributed by atoms with Gasteiger partial charge in [-0.15, -0.1) is 0 Å². The molecular formula is C58H92O6. The van der Waals surface area contributed by atoms with Crippen molar-refractivity contribution in [1.82, 2.24) is 0 Å². The number of carbonyl (C=O) groups is 3. The first kappa shape index (κ1) is 59.8. The molecule has 0 heterocycles. The number of allylic oxidation sites excluding steroid dienone is 20. The Bertz CT molecular complexity index is 1390. The summed E-state index contributed by atoms with van der Waals surface area (Å²) >= 11 is 0. The van der Waals surface area contributed by atoms with E-state index >= 15 is 0 Å². The minimum absolute atomic E-state index is 0.118. The molecular weight excluding hydrogens is 793 g/mol. The van der Waals surface area contributed by atoms with Gasteiger partial charge in [0, 0.05) is 19.3 Å². The maximum Gasteiger partial charge on any atom is 0.306 e. The fourth-order valence-electron chi connectivity index (χ4n) is 6.59. The monoisotopic (exact) mass is 885 g/mol. The zero-order valence-electron chi connectivity index (χ0n) is 41.0. The lowest BCUT2D eigenvalue weighted by Crippen LogP contribution is -2.30. The van der Waals surface area contributed by atoms with Crippen LogP contribution in [0.25, 0.3) is 0 Å². The van der Waals surface area contributed by atoms with E-state index in [9.17, 15) is 14.4 Å². The lowest BCUT2D eigenvalue weighted by molar-refractivity contribution is -0.167. The number of rotatable bonds is 44. The summed E-state index contributed by atoms with van der Waals surface area (Å²) in [5.41, 5.74) is 0. The molecule has 1 unspecified atom stereocenters. The van der Waals surface area contributed by atoms with Crippen molar-refractivity contribution < 1.29 is 28.6 Å². The van der Waals surface area contributed by atoms with E-state index in [2.05, 4.69) is 63.3 Å². The average molecular weight is 885 g/mol. The highest BCUT2D eigenvalue weighted by Crippen LogP contribution is 2.13. The van der Waals surface area contributed by atoms with Crippen molar-refractivity contribution in [3.63, 3.8) is 0 Å². The molecule has 64 heavy (non-hydrogen) atoms. The van der Waals surface area contributed by atoms with Crippen molar-refractivity contribution in [2.24, 2.45) is 0 Å². The summed E-state index contributed by atoms with van der Waals surface area (Å²) < 4.78 is 16.7. The van der Waals surface area contributed by atoms with Crippen molar-refractivity contribution in [2.45, 2.75) is 213 Å². The Morgan fingerprint density at radius 1 is 0.328 bits per heavy atom. The fourth-order valence-corrected chi connectivity index (χ4v) is 6.59. The van der Waals surface area contributed by atoms with Gasteiger partial charge >= 0.3 is 17.9 Å². The summed E-state index contributed by atoms with van der Waals surface area (Å²) in [5, 5.41) is 0. The van der Waals surface area contributed by atoms with Crippen molar-refractivity contribution in [2.75, 3.05) is 13.2 Å². The smallest absolute Gasteiger partial charge is 0.306 e. The second-order valence-electron chi connectivity index (χ2n) is 16.5. The molecule has 0 aliphatic heterocycles. The Morgan fingerprint density at radius 3 is 1.06 bits per heavy atom. The van der Waals surface area contributed by atoms with E-state index in [1.54, 1.807) is 0 Å². The van der Waals surface area contributed by atoms with Gasteiger partial charge in [-0.25, -0.2) is 0 Å². The van der Waals surface area contributed by atoms with E-state index in [0.717, 1.165) is 89.9 Å². The summed E-state index contributed by atoms with van der Waals surface area (Å²) in [4.78, 5) is 37.9. The predicted octanol–water partition coefficient (Wildman–Crippen LogP) is 16.9. The van der Waals surface area contributed by atoms with Crippen LogP contribution in [0, 0.1) is 0 Å². The number of unbranched alkanes of at least 4 members (excludes halogenated alkanes) is 20. The Kier molecular flexibility index (Phi) is 48.1. The molecule has 0 saturated carbocycles. The van der Waals surface area contributed by atoms with Crippen LogP contribution in [0.3, 0.4) is 0 Å². The van der Waals surface area contributed by atoms with Gasteiger partial charge in [-0.2, -0.15) is 0 Å². The van der Waals surface area contributed by atoms with Crippen molar-refractivity contribution >= 4 is 17.9 Å². The number of ether oxygens (including phenoxy) is 3. The summed E-state index contributed by atoms with van der Waals surface area (Å²) in [6.45, 7) is 6.25. The molecule has 6 nitrogen and oxygen atoms in total. The Balaban J connectivity index is 4.52. The van der Waals surface area contributed by atoms with Crippen LogP contribution in [0.1, 0.15) is 207 Å². The van der Waals surface area contributed by atoms with Crippen molar-refractivity contribution in [1.29, 1.82) is 0 Å². The second-order valence-corrected chi connectivity index (χ2v) is 16.5. The van der Waals surface area contributed by atoms with Crippen LogP contribution in [-0.4, -0.2) is 37.2 Å². The van der Waals surface area contributed by atoms with Crippen LogP contribution in [0.15, 0.2) is 122 Å². The van der Waals surface area contributed by atoms with Gasteiger partial charge in [-0.3, -0.25) is 14.4 Å². The fraction of sp³-hybridized carbons (Fsp3) is 0.603. The van der Waals surface area contributed by atoms with Gasteiger partial charge in [0.05, 0.1) is 0 Å². The third-order valence-electron chi connectivity index (χ3n) is 10.4. The van der Waals surface area contributed by atoms with Crippen LogP contribution in [0.5, 0.6) is 0 Å². The molecule has 0 aliphatic rings. The van der Waals surface area contributed by atoms with Gasteiger partial charge < -0.3 is 14.2 Å². The minimum Gasteiger partial charge on any atom is -0.462 e. The SMILES string of the molecule is CC\C=C/C=C\C=C/C=C\C=C/CCCC(=O)OCC(COC(=O)CCCCCCC/C=C\CCCCCCCCCCC)OC(=O)CCCCCCC\C=C/C=C\C=C/C=C\CC. The molecule has 360 valence electrons. The molecule has 1 atom stereocenters. The maximum absolute atomic E-state index is 12.8. The van der Waals surface area contributed by atoms with Crippen LogP contribution < -0.4 is 0 Å². The molecule has 0 aromatic carbocycles. The highest BCUT2D eigenvalue weighted by atomic mass is 16.6. The van der Waals surface area contributed by atoms with Gasteiger partial charge in [-0.05, 0) is 77.0 Å². The molecule has 0 aliphatic carbocycles. The van der Waals surface area contributed by atoms with Crippen molar-refractivity contribution in [3.8, 4) is 0 Å². The highest BCUT2D eigenvalue weighted by Gasteiger charge is 2.19. The average Bonchev–Trinajstić information content (AvgIpc) is 3.29. The van der Waals surface area contributed by atoms with Crippen LogP contribution >= 0.6 is 0 Å². The maximum atomic E-state index is 12.8. The van der Waals surface area contributed by atoms with Gasteiger partial charge in [0.1, 0.15) is 13.2 Å². The van der Waals surface area contributed by atoms with E-state index in [-0.39, 0.29) is 44.0 Å². The predicted molar refractivity (Wildman–Crippen MR) is 274 cm³/mol. The number of carbonyl (C=O) groups excluding carboxylic acids is 3. The van der Waals surface area contributed by atoms with Crippen molar-refractivity contribution in [3.05, 3.63) is 122 Å². The molecule has 0 radical (unpaired) electrons. The number of hydrogen-bond acceptors (Lipinski definition) is 6. The Labute approximate surface area is 392 Å². The first-order valence-electron chi connectivity index (χ1n) is 25.7. The van der Waals surface area contributed by atoms with Gasteiger partial charge in [0.2, 0.25) is 0 Å². The lowest BCUT2D eigenvalue weighted by atomic mass is 10.1. The number of hydrogen-bond donors (Lipinski definition) is 0. The number of esters is 3. The summed E-state index contributed by atoms with van der Waals surface area (Å²) in [6, 6.07) is 0. The topological polar surface area (TPSA) is 78.9 Å². The standard InChI is InChI=1S/C58H92O6/c1-4-7-10-13-16-19-22-25-27-28-29-31-33-36-39-42-45-48-51-57(60)63-54-55(53-62-56(59)50-47-44-41-38-35-32-24-21-18-15-12-9-6-3)64-58(61)52-49-46-43-40-37-34-30-26-23-20-17-14-11-8-5-2/h8-9,11-12,14-15,17-18,20-21,23-24,26,29-32,35,38,41,55H,4-7,10,13,16,19,22,25,27-28,33-34,36-37,39-40,42-54H2,1-3H3/b11-8-,12-9-,17-14-,18-15-,23-20-,24-21-,30-26-,31-29-,35-32-,41-38-. The first-order chi connectivity index (χ1) is 31.5. The van der Waals surface area contributed by atoms with Crippen LogP contribution in [-0.2, 0) is 28.6 Å². The zero-order chi connectivity index (χ0) is 46.5. The van der Waals surface area contributed by atoms with E-state index < -0.39 is 6.10 Å². The third-order valence-corrected chi connectivity index (χ3v) is 10.4. The molecule has 0 bridgehead atoms. The molecule has 0 N–H and O–H groups in total. The van der Waals surface area contributed by atoms with Gasteiger partial charge in [0.15, 0.2) is 6.10 Å². The zero-order valence-corrected chi connectivity index (χ0v) is 41.0. The molecule has 0 rings (SSSR count). The Hall–Kier alpha value is -4.19. The molecule has 0 aromatic heterocycles. The van der Waals surface area contributed by atoms with Crippen LogP contribution in [0.4, 0.5) is 0 Å². The second kappa shape index (κ2) is 51.4. The lowest BCUT2D eigenvalue weighted by Gasteiger charge is -2.18. The van der Waals surface area contributed by atoms with E-state index in [1.165, 1.54) is 70.6 Å². The molecule has 0 spiro atoms. The quantitative estimate of drug-likeness (QED) is 0.0199. The van der Waals surface area contributed by atoms with Gasteiger partial charge in [-0.1, -0.05) is 232 Å². The van der Waals surface area contributed by atoms with E-state index in [1.807, 2.05) is 79.0 Å².